The standard InChI is InChI=1S/C9H12FN/c1-3-4-8-9(10)7(2)5-6-11-8/h5-6H,3-4H2,1-2H3. The van der Waals surface area contributed by atoms with Gasteiger partial charge in [-0.2, -0.15) is 0 Å². The van der Waals surface area contributed by atoms with Crippen molar-refractivity contribution in [1.82, 2.24) is 4.98 Å². The van der Waals surface area contributed by atoms with Crippen molar-refractivity contribution in [2.45, 2.75) is 26.7 Å². The molecule has 2 heteroatoms. The van der Waals surface area contributed by atoms with E-state index in [1.807, 2.05) is 6.92 Å². The molecule has 0 N–H and O–H groups in total. The van der Waals surface area contributed by atoms with E-state index in [1.54, 1.807) is 19.2 Å². The van der Waals surface area contributed by atoms with E-state index in [1.165, 1.54) is 0 Å². The molecular weight excluding hydrogens is 141 g/mol. The maximum atomic E-state index is 13.1. The van der Waals surface area contributed by atoms with Gasteiger partial charge in [0.2, 0.25) is 0 Å². The van der Waals surface area contributed by atoms with Crippen molar-refractivity contribution in [3.8, 4) is 0 Å². The predicted molar refractivity (Wildman–Crippen MR) is 42.9 cm³/mol. The third-order valence-electron chi connectivity index (χ3n) is 1.64. The Morgan fingerprint density at radius 1 is 1.55 bits per heavy atom. The van der Waals surface area contributed by atoms with Gasteiger partial charge in [-0.05, 0) is 25.0 Å². The average molecular weight is 153 g/mol. The normalized spacial score (nSPS) is 10.1. The summed E-state index contributed by atoms with van der Waals surface area (Å²) in [4.78, 5) is 3.95. The van der Waals surface area contributed by atoms with Crippen LogP contribution in [0.5, 0.6) is 0 Å². The third kappa shape index (κ3) is 1.76. The summed E-state index contributed by atoms with van der Waals surface area (Å²) in [5.41, 5.74) is 1.27. The summed E-state index contributed by atoms with van der Waals surface area (Å²) >= 11 is 0. The molecule has 0 aromatic carbocycles. The Bertz CT molecular complexity index is 245. The van der Waals surface area contributed by atoms with Crippen molar-refractivity contribution in [3.63, 3.8) is 0 Å². The molecule has 0 bridgehead atoms. The van der Waals surface area contributed by atoms with Crippen LogP contribution in [0.15, 0.2) is 12.3 Å². The summed E-state index contributed by atoms with van der Waals surface area (Å²) < 4.78 is 13.1. The van der Waals surface area contributed by atoms with Crippen molar-refractivity contribution in [3.05, 3.63) is 29.3 Å². The first-order chi connectivity index (χ1) is 5.25. The summed E-state index contributed by atoms with van der Waals surface area (Å²) in [6.07, 6.45) is 3.32. The number of aryl methyl sites for hydroxylation is 2. The number of nitrogens with zero attached hydrogens (tertiary/aromatic N) is 1. The van der Waals surface area contributed by atoms with Gasteiger partial charge in [0.05, 0.1) is 5.69 Å². The highest BCUT2D eigenvalue weighted by Crippen LogP contribution is 2.09. The third-order valence-corrected chi connectivity index (χ3v) is 1.64. The summed E-state index contributed by atoms with van der Waals surface area (Å²) in [6, 6.07) is 1.69. The first-order valence-corrected chi connectivity index (χ1v) is 3.85. The average Bonchev–Trinajstić information content (AvgIpc) is 1.99. The topological polar surface area (TPSA) is 12.9 Å². The molecule has 1 aromatic heterocycles. The number of hydrogen-bond donors (Lipinski definition) is 0. The molecule has 0 amide bonds. The predicted octanol–water partition coefficient (Wildman–Crippen LogP) is 2.48. The van der Waals surface area contributed by atoms with Crippen molar-refractivity contribution in [2.75, 3.05) is 0 Å². The van der Waals surface area contributed by atoms with Crippen molar-refractivity contribution in [1.29, 1.82) is 0 Å². The van der Waals surface area contributed by atoms with Gasteiger partial charge >= 0.3 is 0 Å². The van der Waals surface area contributed by atoms with Crippen molar-refractivity contribution < 1.29 is 4.39 Å². The fourth-order valence-electron chi connectivity index (χ4n) is 1.01. The molecular formula is C9H12FN. The molecule has 0 saturated carbocycles. The zero-order valence-electron chi connectivity index (χ0n) is 6.89. The van der Waals surface area contributed by atoms with Crippen LogP contribution < -0.4 is 0 Å². The highest BCUT2D eigenvalue weighted by atomic mass is 19.1. The first kappa shape index (κ1) is 8.18. The van der Waals surface area contributed by atoms with Gasteiger partial charge in [0.25, 0.3) is 0 Å². The minimum absolute atomic E-state index is 0.144. The van der Waals surface area contributed by atoms with Gasteiger partial charge in [0.15, 0.2) is 0 Å². The van der Waals surface area contributed by atoms with Gasteiger partial charge in [-0.3, -0.25) is 4.98 Å². The minimum atomic E-state index is -0.144. The van der Waals surface area contributed by atoms with E-state index in [-0.39, 0.29) is 5.82 Å². The molecule has 0 aliphatic rings. The Kier molecular flexibility index (Phi) is 2.58. The quantitative estimate of drug-likeness (QED) is 0.636. The zero-order valence-corrected chi connectivity index (χ0v) is 6.89. The Hall–Kier alpha value is -0.920. The maximum Gasteiger partial charge on any atom is 0.147 e. The molecule has 1 rings (SSSR count). The van der Waals surface area contributed by atoms with Crippen LogP contribution in [-0.4, -0.2) is 4.98 Å². The molecule has 11 heavy (non-hydrogen) atoms. The van der Waals surface area contributed by atoms with Crippen LogP contribution in [0.3, 0.4) is 0 Å². The van der Waals surface area contributed by atoms with Gasteiger partial charge in [0.1, 0.15) is 5.82 Å². The molecule has 0 saturated heterocycles. The second kappa shape index (κ2) is 3.46. The van der Waals surface area contributed by atoms with E-state index in [2.05, 4.69) is 4.98 Å². The largest absolute Gasteiger partial charge is 0.258 e. The lowest BCUT2D eigenvalue weighted by Crippen LogP contribution is -1.96. The summed E-state index contributed by atoms with van der Waals surface area (Å²) in [7, 11) is 0. The van der Waals surface area contributed by atoms with Gasteiger partial charge in [0, 0.05) is 6.20 Å². The number of hydrogen-bond acceptors (Lipinski definition) is 1. The Morgan fingerprint density at radius 2 is 2.27 bits per heavy atom. The molecule has 0 fully saturated rings. The molecule has 0 unspecified atom stereocenters. The molecule has 0 spiro atoms. The Balaban J connectivity index is 2.96. The molecule has 1 heterocycles. The van der Waals surface area contributed by atoms with Gasteiger partial charge in [-0.1, -0.05) is 13.3 Å². The highest BCUT2D eigenvalue weighted by Gasteiger charge is 2.03. The number of halogens is 1. The lowest BCUT2D eigenvalue weighted by molar-refractivity contribution is 0.587. The molecule has 0 atom stereocenters. The first-order valence-electron chi connectivity index (χ1n) is 3.85. The van der Waals surface area contributed by atoms with Crippen LogP contribution in [0.2, 0.25) is 0 Å². The van der Waals surface area contributed by atoms with Crippen LogP contribution in [0, 0.1) is 12.7 Å². The fraction of sp³-hybridized carbons (Fsp3) is 0.444. The second-order valence-corrected chi connectivity index (χ2v) is 2.64. The Morgan fingerprint density at radius 3 is 2.91 bits per heavy atom. The van der Waals surface area contributed by atoms with Crippen molar-refractivity contribution >= 4 is 0 Å². The summed E-state index contributed by atoms with van der Waals surface area (Å²) in [5, 5.41) is 0. The number of rotatable bonds is 2. The second-order valence-electron chi connectivity index (χ2n) is 2.64. The highest BCUT2D eigenvalue weighted by molar-refractivity contribution is 5.17. The van der Waals surface area contributed by atoms with Gasteiger partial charge in [-0.25, -0.2) is 4.39 Å². The molecule has 1 aromatic rings. The monoisotopic (exact) mass is 153 g/mol. The van der Waals surface area contributed by atoms with E-state index in [0.717, 1.165) is 12.8 Å². The van der Waals surface area contributed by atoms with Crippen LogP contribution in [-0.2, 0) is 6.42 Å². The lowest BCUT2D eigenvalue weighted by Gasteiger charge is -2.01. The number of pyridine rings is 1. The molecule has 1 nitrogen and oxygen atoms in total. The van der Waals surface area contributed by atoms with Crippen LogP contribution >= 0.6 is 0 Å². The molecule has 60 valence electrons. The molecule has 0 aliphatic carbocycles. The van der Waals surface area contributed by atoms with Crippen LogP contribution in [0.4, 0.5) is 4.39 Å². The van der Waals surface area contributed by atoms with Crippen LogP contribution in [0.25, 0.3) is 0 Å². The van der Waals surface area contributed by atoms with E-state index < -0.39 is 0 Å². The minimum Gasteiger partial charge on any atom is -0.258 e. The molecule has 0 radical (unpaired) electrons. The Labute approximate surface area is 66.3 Å². The van der Waals surface area contributed by atoms with E-state index >= 15 is 0 Å². The smallest absolute Gasteiger partial charge is 0.147 e. The fourth-order valence-corrected chi connectivity index (χ4v) is 1.01. The molecule has 0 aliphatic heterocycles. The van der Waals surface area contributed by atoms with E-state index in [9.17, 15) is 4.39 Å². The van der Waals surface area contributed by atoms with E-state index in [4.69, 9.17) is 0 Å². The SMILES string of the molecule is CCCc1nccc(C)c1F. The summed E-state index contributed by atoms with van der Waals surface area (Å²) in [6.45, 7) is 3.78. The van der Waals surface area contributed by atoms with Gasteiger partial charge in [-0.15, -0.1) is 0 Å². The maximum absolute atomic E-state index is 13.1. The van der Waals surface area contributed by atoms with E-state index in [0.29, 0.717) is 11.3 Å². The lowest BCUT2D eigenvalue weighted by atomic mass is 10.2. The van der Waals surface area contributed by atoms with Crippen LogP contribution in [0.1, 0.15) is 24.6 Å². The van der Waals surface area contributed by atoms with Crippen molar-refractivity contribution in [2.24, 2.45) is 0 Å². The van der Waals surface area contributed by atoms with Gasteiger partial charge < -0.3 is 0 Å². The summed E-state index contributed by atoms with van der Waals surface area (Å²) in [5.74, 6) is -0.144. The number of aromatic nitrogens is 1. The zero-order chi connectivity index (χ0) is 8.27.